The van der Waals surface area contributed by atoms with Crippen LogP contribution in [0.3, 0.4) is 0 Å². The lowest BCUT2D eigenvalue weighted by Crippen LogP contribution is -2.33. The highest BCUT2D eigenvalue weighted by Crippen LogP contribution is 2.17. The minimum atomic E-state index is -0.282. The van der Waals surface area contributed by atoms with Crippen molar-refractivity contribution in [2.45, 2.75) is 13.0 Å². The lowest BCUT2D eigenvalue weighted by Gasteiger charge is -2.10. The van der Waals surface area contributed by atoms with Gasteiger partial charge in [-0.15, -0.1) is 0 Å². The van der Waals surface area contributed by atoms with Crippen LogP contribution in [0.1, 0.15) is 5.56 Å². The van der Waals surface area contributed by atoms with Gasteiger partial charge in [0.1, 0.15) is 6.54 Å². The Labute approximate surface area is 149 Å². The normalized spacial score (nSPS) is 11.1. The zero-order valence-electron chi connectivity index (χ0n) is 14.1. The molecule has 0 unspecified atom stereocenters. The number of aromatic amines is 1. The van der Waals surface area contributed by atoms with Crippen molar-refractivity contribution >= 4 is 27.8 Å². The minimum Gasteiger partial charge on any atom is -0.361 e. The fraction of sp³-hybridized carbons (Fsp3) is 0.150. The van der Waals surface area contributed by atoms with Crippen molar-refractivity contribution in [3.63, 3.8) is 0 Å². The topological polar surface area (TPSA) is 79.8 Å². The van der Waals surface area contributed by atoms with E-state index in [4.69, 9.17) is 0 Å². The second-order valence-corrected chi connectivity index (χ2v) is 6.13. The van der Waals surface area contributed by atoms with Crippen LogP contribution in [-0.4, -0.2) is 27.0 Å². The van der Waals surface area contributed by atoms with E-state index in [2.05, 4.69) is 21.4 Å². The van der Waals surface area contributed by atoms with Gasteiger partial charge in [0.15, 0.2) is 0 Å². The molecule has 2 heterocycles. The number of para-hydroxylation sites is 3. The maximum absolute atomic E-state index is 12.3. The van der Waals surface area contributed by atoms with Crippen molar-refractivity contribution in [1.82, 2.24) is 19.9 Å². The first-order valence-electron chi connectivity index (χ1n) is 8.48. The maximum atomic E-state index is 12.3. The number of hydrogen-bond acceptors (Lipinski definition) is 3. The molecule has 6 nitrogen and oxygen atoms in total. The molecule has 0 aliphatic carbocycles. The van der Waals surface area contributed by atoms with Crippen molar-refractivity contribution in [2.75, 3.05) is 6.54 Å². The Morgan fingerprint density at radius 3 is 2.85 bits per heavy atom. The summed E-state index contributed by atoms with van der Waals surface area (Å²) in [7, 11) is 0. The standard InChI is InChI=1S/C20H18N4O2/c25-19(13-24-18-8-4-3-7-17(18)23-12-20(24)26)21-10-9-14-11-22-16-6-2-1-5-15(14)16/h1-8,11-12,22H,9-10,13H2,(H,21,25). The molecular formula is C20H18N4O2. The number of aromatic nitrogens is 3. The molecule has 1 amide bonds. The summed E-state index contributed by atoms with van der Waals surface area (Å²) in [6, 6.07) is 15.4. The largest absolute Gasteiger partial charge is 0.361 e. The van der Waals surface area contributed by atoms with Gasteiger partial charge >= 0.3 is 0 Å². The van der Waals surface area contributed by atoms with Crippen LogP contribution in [0.2, 0.25) is 0 Å². The van der Waals surface area contributed by atoms with E-state index >= 15 is 0 Å². The fourth-order valence-corrected chi connectivity index (χ4v) is 3.15. The Balaban J connectivity index is 1.43. The summed E-state index contributed by atoms with van der Waals surface area (Å²) < 4.78 is 1.45. The predicted molar refractivity (Wildman–Crippen MR) is 101 cm³/mol. The Kier molecular flexibility index (Phi) is 4.23. The first-order chi connectivity index (χ1) is 12.7. The van der Waals surface area contributed by atoms with E-state index < -0.39 is 0 Å². The van der Waals surface area contributed by atoms with Crippen LogP contribution in [-0.2, 0) is 17.8 Å². The van der Waals surface area contributed by atoms with E-state index in [0.717, 1.165) is 22.9 Å². The summed E-state index contributed by atoms with van der Waals surface area (Å²) in [4.78, 5) is 31.7. The van der Waals surface area contributed by atoms with Crippen molar-refractivity contribution in [3.05, 3.63) is 76.8 Å². The monoisotopic (exact) mass is 346 g/mol. The summed E-state index contributed by atoms with van der Waals surface area (Å²) in [5, 5.41) is 4.06. The molecule has 2 aromatic heterocycles. The lowest BCUT2D eigenvalue weighted by molar-refractivity contribution is -0.121. The van der Waals surface area contributed by atoms with Gasteiger partial charge in [-0.25, -0.2) is 4.98 Å². The number of fused-ring (bicyclic) bond motifs is 2. The summed E-state index contributed by atoms with van der Waals surface area (Å²) in [5.41, 5.74) is 3.32. The molecule has 4 rings (SSSR count). The van der Waals surface area contributed by atoms with Crippen molar-refractivity contribution < 1.29 is 4.79 Å². The highest BCUT2D eigenvalue weighted by atomic mass is 16.2. The SMILES string of the molecule is O=C(Cn1c(=O)cnc2ccccc21)NCCc1c[nH]c2ccccc12. The first kappa shape index (κ1) is 16.1. The van der Waals surface area contributed by atoms with Crippen LogP contribution in [0.4, 0.5) is 0 Å². The number of H-pyrrole nitrogens is 1. The van der Waals surface area contributed by atoms with E-state index in [-0.39, 0.29) is 18.0 Å². The molecular weight excluding hydrogens is 328 g/mol. The molecule has 6 heteroatoms. The van der Waals surface area contributed by atoms with Gasteiger partial charge in [-0.2, -0.15) is 0 Å². The molecule has 2 N–H and O–H groups in total. The molecule has 0 spiro atoms. The molecule has 130 valence electrons. The maximum Gasteiger partial charge on any atom is 0.269 e. The van der Waals surface area contributed by atoms with E-state index in [1.807, 2.05) is 42.6 Å². The number of hydrogen-bond donors (Lipinski definition) is 2. The number of carbonyl (C=O) groups is 1. The van der Waals surface area contributed by atoms with E-state index in [0.29, 0.717) is 17.6 Å². The molecule has 0 atom stereocenters. The van der Waals surface area contributed by atoms with Crippen LogP contribution >= 0.6 is 0 Å². The quantitative estimate of drug-likeness (QED) is 0.582. The molecule has 0 radical (unpaired) electrons. The first-order valence-corrected chi connectivity index (χ1v) is 8.48. The Morgan fingerprint density at radius 2 is 1.92 bits per heavy atom. The van der Waals surface area contributed by atoms with Crippen LogP contribution in [0.25, 0.3) is 21.9 Å². The van der Waals surface area contributed by atoms with E-state index in [9.17, 15) is 9.59 Å². The second kappa shape index (κ2) is 6.84. The molecule has 0 aliphatic rings. The zero-order valence-corrected chi connectivity index (χ0v) is 14.1. The van der Waals surface area contributed by atoms with Crippen LogP contribution in [0, 0.1) is 0 Å². The van der Waals surface area contributed by atoms with Crippen molar-refractivity contribution in [2.24, 2.45) is 0 Å². The molecule has 0 saturated heterocycles. The average molecular weight is 346 g/mol. The van der Waals surface area contributed by atoms with Gasteiger partial charge in [-0.05, 0) is 30.2 Å². The van der Waals surface area contributed by atoms with Gasteiger partial charge in [-0.1, -0.05) is 30.3 Å². The highest BCUT2D eigenvalue weighted by Gasteiger charge is 2.09. The number of nitrogens with one attached hydrogen (secondary N) is 2. The summed E-state index contributed by atoms with van der Waals surface area (Å²) in [6.07, 6.45) is 3.95. The molecule has 4 aromatic rings. The van der Waals surface area contributed by atoms with Crippen LogP contribution < -0.4 is 10.9 Å². The molecule has 26 heavy (non-hydrogen) atoms. The third kappa shape index (κ3) is 3.09. The minimum absolute atomic E-state index is 0.0181. The van der Waals surface area contributed by atoms with Gasteiger partial charge in [0.2, 0.25) is 5.91 Å². The number of benzene rings is 2. The smallest absolute Gasteiger partial charge is 0.269 e. The number of rotatable bonds is 5. The third-order valence-corrected chi connectivity index (χ3v) is 4.45. The number of amides is 1. The molecule has 0 saturated carbocycles. The highest BCUT2D eigenvalue weighted by molar-refractivity contribution is 5.83. The lowest BCUT2D eigenvalue weighted by atomic mass is 10.1. The average Bonchev–Trinajstić information content (AvgIpc) is 3.07. The van der Waals surface area contributed by atoms with Crippen LogP contribution in [0.15, 0.2) is 65.7 Å². The van der Waals surface area contributed by atoms with Gasteiger partial charge in [0, 0.05) is 23.6 Å². The van der Waals surface area contributed by atoms with Gasteiger partial charge < -0.3 is 10.3 Å². The van der Waals surface area contributed by atoms with Gasteiger partial charge in [0.05, 0.1) is 17.2 Å². The Hall–Kier alpha value is -3.41. The fourth-order valence-electron chi connectivity index (χ4n) is 3.15. The van der Waals surface area contributed by atoms with Crippen LogP contribution in [0.5, 0.6) is 0 Å². The third-order valence-electron chi connectivity index (χ3n) is 4.45. The van der Waals surface area contributed by atoms with Crippen molar-refractivity contribution in [1.29, 1.82) is 0 Å². The van der Waals surface area contributed by atoms with E-state index in [1.54, 1.807) is 6.07 Å². The predicted octanol–water partition coefficient (Wildman–Crippen LogP) is 2.24. The molecule has 2 aromatic carbocycles. The van der Waals surface area contributed by atoms with Gasteiger partial charge in [0.25, 0.3) is 5.56 Å². The Bertz CT molecular complexity index is 1140. The summed E-state index contributed by atoms with van der Waals surface area (Å²) >= 11 is 0. The van der Waals surface area contributed by atoms with Gasteiger partial charge in [-0.3, -0.25) is 14.2 Å². The zero-order chi connectivity index (χ0) is 17.9. The molecule has 0 aliphatic heterocycles. The molecule has 0 bridgehead atoms. The Morgan fingerprint density at radius 1 is 1.12 bits per heavy atom. The van der Waals surface area contributed by atoms with E-state index in [1.165, 1.54) is 10.8 Å². The summed E-state index contributed by atoms with van der Waals surface area (Å²) in [5.74, 6) is -0.191. The number of nitrogens with zero attached hydrogens (tertiary/aromatic N) is 2. The molecule has 0 fully saturated rings. The van der Waals surface area contributed by atoms with Crippen molar-refractivity contribution in [3.8, 4) is 0 Å². The number of carbonyl (C=O) groups excluding carboxylic acids is 1. The second-order valence-electron chi connectivity index (χ2n) is 6.13. The summed E-state index contributed by atoms with van der Waals surface area (Å²) in [6.45, 7) is 0.494.